The van der Waals surface area contributed by atoms with E-state index >= 15 is 0 Å². The number of carbonyl (C=O) groups excluding carboxylic acids is 3. The van der Waals surface area contributed by atoms with Crippen LogP contribution in [0, 0.1) is 5.41 Å². The van der Waals surface area contributed by atoms with Gasteiger partial charge in [-0.05, 0) is 37.8 Å². The third-order valence-electron chi connectivity index (χ3n) is 3.74. The van der Waals surface area contributed by atoms with Crippen molar-refractivity contribution in [1.82, 2.24) is 10.2 Å². The van der Waals surface area contributed by atoms with Crippen LogP contribution in [0.25, 0.3) is 0 Å². The van der Waals surface area contributed by atoms with E-state index in [1.54, 1.807) is 38.4 Å². The lowest BCUT2D eigenvalue weighted by atomic mass is 9.82. The second kappa shape index (κ2) is 9.96. The van der Waals surface area contributed by atoms with Gasteiger partial charge in [0.1, 0.15) is 0 Å². The predicted octanol–water partition coefficient (Wildman–Crippen LogP) is 3.35. The second-order valence-corrected chi connectivity index (χ2v) is 9.84. The summed E-state index contributed by atoms with van der Waals surface area (Å²) in [5.74, 6) is -0.744. The van der Waals surface area contributed by atoms with E-state index in [1.165, 1.54) is 16.7 Å². The number of carbonyl (C=O) groups is 3. The van der Waals surface area contributed by atoms with Crippen LogP contribution in [-0.2, 0) is 14.3 Å². The maximum Gasteiger partial charge on any atom is 0.339 e. The summed E-state index contributed by atoms with van der Waals surface area (Å²) in [5.41, 5.74) is 0.0103. The molecule has 0 bridgehead atoms. The largest absolute Gasteiger partial charge is 0.452 e. The van der Waals surface area contributed by atoms with Crippen LogP contribution >= 0.6 is 11.8 Å². The highest BCUT2D eigenvalue weighted by molar-refractivity contribution is 8.00. The number of nitrogens with zero attached hydrogens (tertiary/aromatic N) is 1. The van der Waals surface area contributed by atoms with Crippen LogP contribution in [-0.4, -0.2) is 54.7 Å². The number of thioether (sulfide) groups is 1. The van der Waals surface area contributed by atoms with Crippen molar-refractivity contribution < 1.29 is 19.1 Å². The molecule has 0 fully saturated rings. The van der Waals surface area contributed by atoms with Crippen molar-refractivity contribution >= 4 is 29.5 Å². The average molecular weight is 409 g/mol. The first kappa shape index (κ1) is 24.0. The van der Waals surface area contributed by atoms with Crippen molar-refractivity contribution in [3.8, 4) is 0 Å². The van der Waals surface area contributed by atoms with E-state index in [0.717, 1.165) is 6.42 Å². The van der Waals surface area contributed by atoms with Crippen LogP contribution < -0.4 is 5.32 Å². The molecular weight excluding hydrogens is 376 g/mol. The molecule has 0 aromatic heterocycles. The molecule has 1 rings (SSSR count). The normalized spacial score (nSPS) is 11.7. The summed E-state index contributed by atoms with van der Waals surface area (Å²) < 4.78 is 5.20. The molecule has 0 atom stereocenters. The third-order valence-corrected chi connectivity index (χ3v) is 4.80. The molecule has 0 saturated heterocycles. The highest BCUT2D eigenvalue weighted by Crippen LogP contribution is 2.27. The second-order valence-electron chi connectivity index (χ2n) is 8.82. The maximum atomic E-state index is 12.4. The monoisotopic (exact) mass is 408 g/mol. The molecule has 1 aromatic rings. The summed E-state index contributed by atoms with van der Waals surface area (Å²) in [4.78, 5) is 38.6. The van der Waals surface area contributed by atoms with Gasteiger partial charge in [0.15, 0.2) is 6.61 Å². The molecule has 0 aliphatic rings. The Balaban J connectivity index is 2.66. The van der Waals surface area contributed by atoms with Gasteiger partial charge in [-0.15, -0.1) is 11.8 Å². The first-order valence-electron chi connectivity index (χ1n) is 9.21. The molecule has 0 heterocycles. The Morgan fingerprint density at radius 2 is 1.68 bits per heavy atom. The quantitative estimate of drug-likeness (QED) is 0.527. The Kier molecular flexibility index (Phi) is 8.54. The van der Waals surface area contributed by atoms with Crippen LogP contribution in [0.1, 0.15) is 51.4 Å². The molecule has 0 saturated carbocycles. The standard InChI is InChI=1S/C21H32N2O4S/c1-20(2,3)14-21(4,5)22-17(24)12-27-19(26)15-10-8-9-11-16(15)28-13-18(25)23(6)7/h8-11H,12-14H2,1-7H3,(H,22,24). The topological polar surface area (TPSA) is 75.7 Å². The number of hydrogen-bond donors (Lipinski definition) is 1. The number of amides is 2. The molecule has 0 spiro atoms. The summed E-state index contributed by atoms with van der Waals surface area (Å²) in [6.07, 6.45) is 0.791. The summed E-state index contributed by atoms with van der Waals surface area (Å²) in [7, 11) is 3.37. The molecule has 7 heteroatoms. The third kappa shape index (κ3) is 8.78. The van der Waals surface area contributed by atoms with Crippen LogP contribution in [0.2, 0.25) is 0 Å². The van der Waals surface area contributed by atoms with Gasteiger partial charge in [-0.3, -0.25) is 9.59 Å². The highest BCUT2D eigenvalue weighted by Gasteiger charge is 2.27. The fraction of sp³-hybridized carbons (Fsp3) is 0.571. The fourth-order valence-corrected chi connectivity index (χ4v) is 4.04. The molecule has 6 nitrogen and oxygen atoms in total. The van der Waals surface area contributed by atoms with Gasteiger partial charge in [0, 0.05) is 24.5 Å². The average Bonchev–Trinajstić information content (AvgIpc) is 2.54. The van der Waals surface area contributed by atoms with E-state index in [2.05, 4.69) is 26.1 Å². The molecule has 1 aromatic carbocycles. The van der Waals surface area contributed by atoms with Gasteiger partial charge in [0.2, 0.25) is 5.91 Å². The molecular formula is C21H32N2O4S. The van der Waals surface area contributed by atoms with Gasteiger partial charge >= 0.3 is 5.97 Å². The minimum Gasteiger partial charge on any atom is -0.452 e. The minimum absolute atomic E-state index is 0.0476. The molecule has 2 amide bonds. The number of hydrogen-bond acceptors (Lipinski definition) is 5. The van der Waals surface area contributed by atoms with Gasteiger partial charge in [0.05, 0.1) is 11.3 Å². The Morgan fingerprint density at radius 1 is 1.07 bits per heavy atom. The molecule has 0 aliphatic carbocycles. The summed E-state index contributed by atoms with van der Waals surface area (Å²) in [6.45, 7) is 9.88. The van der Waals surface area contributed by atoms with E-state index in [-0.39, 0.29) is 29.6 Å². The summed E-state index contributed by atoms with van der Waals surface area (Å²) >= 11 is 1.27. The molecule has 0 radical (unpaired) electrons. The molecule has 28 heavy (non-hydrogen) atoms. The van der Waals surface area contributed by atoms with Crippen molar-refractivity contribution in [3.05, 3.63) is 29.8 Å². The Labute approximate surface area is 172 Å². The smallest absolute Gasteiger partial charge is 0.339 e. The van der Waals surface area contributed by atoms with Gasteiger partial charge in [-0.25, -0.2) is 4.79 Å². The Morgan fingerprint density at radius 3 is 2.25 bits per heavy atom. The van der Waals surface area contributed by atoms with Gasteiger partial charge < -0.3 is 15.0 Å². The minimum atomic E-state index is -0.579. The lowest BCUT2D eigenvalue weighted by molar-refractivity contribution is -0.126. The van der Waals surface area contributed by atoms with Crippen molar-refractivity contribution in [1.29, 1.82) is 0 Å². The first-order valence-corrected chi connectivity index (χ1v) is 10.2. The van der Waals surface area contributed by atoms with E-state index < -0.39 is 11.5 Å². The van der Waals surface area contributed by atoms with Crippen LogP contribution in [0.5, 0.6) is 0 Å². The van der Waals surface area contributed by atoms with E-state index in [4.69, 9.17) is 4.74 Å². The van der Waals surface area contributed by atoms with Gasteiger partial charge in [0.25, 0.3) is 5.91 Å². The number of esters is 1. The van der Waals surface area contributed by atoms with E-state index in [9.17, 15) is 14.4 Å². The number of ether oxygens (including phenoxy) is 1. The van der Waals surface area contributed by atoms with Crippen molar-refractivity contribution in [2.75, 3.05) is 26.5 Å². The van der Waals surface area contributed by atoms with Crippen LogP contribution in [0.15, 0.2) is 29.2 Å². The van der Waals surface area contributed by atoms with Crippen molar-refractivity contribution in [2.24, 2.45) is 5.41 Å². The fourth-order valence-electron chi connectivity index (χ4n) is 3.02. The number of nitrogens with one attached hydrogen (secondary N) is 1. The van der Waals surface area contributed by atoms with Crippen LogP contribution in [0.4, 0.5) is 0 Å². The SMILES string of the molecule is CN(C)C(=O)CSc1ccccc1C(=O)OCC(=O)NC(C)(C)CC(C)(C)C. The highest BCUT2D eigenvalue weighted by atomic mass is 32.2. The molecule has 1 N–H and O–H groups in total. The van der Waals surface area contributed by atoms with E-state index in [0.29, 0.717) is 10.5 Å². The van der Waals surface area contributed by atoms with E-state index in [1.807, 2.05) is 13.8 Å². The van der Waals surface area contributed by atoms with Gasteiger partial charge in [-0.2, -0.15) is 0 Å². The lowest BCUT2D eigenvalue weighted by Crippen LogP contribution is -2.47. The van der Waals surface area contributed by atoms with Crippen molar-refractivity contribution in [3.63, 3.8) is 0 Å². The zero-order valence-corrected chi connectivity index (χ0v) is 18.7. The first-order chi connectivity index (χ1) is 12.8. The van der Waals surface area contributed by atoms with Crippen LogP contribution in [0.3, 0.4) is 0 Å². The maximum absolute atomic E-state index is 12.4. The Hall–Kier alpha value is -2.02. The zero-order valence-electron chi connectivity index (χ0n) is 17.9. The lowest BCUT2D eigenvalue weighted by Gasteiger charge is -2.33. The van der Waals surface area contributed by atoms with Crippen molar-refractivity contribution in [2.45, 2.75) is 51.5 Å². The number of rotatable bonds is 8. The number of benzene rings is 1. The molecule has 0 aliphatic heterocycles. The zero-order chi connectivity index (χ0) is 21.5. The summed E-state index contributed by atoms with van der Waals surface area (Å²) in [5, 5.41) is 2.92. The molecule has 0 unspecified atom stereocenters. The Bertz CT molecular complexity index is 709. The predicted molar refractivity (Wildman–Crippen MR) is 112 cm³/mol. The molecule has 156 valence electrons. The summed E-state index contributed by atoms with van der Waals surface area (Å²) in [6, 6.07) is 6.91. The van der Waals surface area contributed by atoms with Gasteiger partial charge in [-0.1, -0.05) is 32.9 Å².